The third-order valence-corrected chi connectivity index (χ3v) is 2.04. The molecule has 0 fully saturated rings. The van der Waals surface area contributed by atoms with Gasteiger partial charge >= 0.3 is 5.97 Å². The van der Waals surface area contributed by atoms with Crippen molar-refractivity contribution in [1.82, 2.24) is 4.90 Å². The molecule has 72 valence electrons. The molecule has 0 radical (unpaired) electrons. The molecule has 0 saturated carbocycles. The van der Waals surface area contributed by atoms with Gasteiger partial charge in [-0.05, 0) is 13.3 Å². The molecular weight excluding hydrogens is 190 g/mol. The zero-order valence-corrected chi connectivity index (χ0v) is 8.12. The molecule has 0 spiro atoms. The Bertz CT molecular complexity index is 273. The number of amides is 1. The second-order valence-corrected chi connectivity index (χ2v) is 3.62. The molecule has 0 bridgehead atoms. The molecule has 0 aromatic heterocycles. The number of carbonyl (C=O) groups excluding carboxylic acids is 1. The molecule has 13 heavy (non-hydrogen) atoms. The maximum atomic E-state index is 11.4. The number of nitrogens with zero attached hydrogens (tertiary/aromatic N) is 1. The topological polar surface area (TPSA) is 57.6 Å². The van der Waals surface area contributed by atoms with Crippen LogP contribution in [0.4, 0.5) is 0 Å². The molecule has 1 rings (SSSR count). The van der Waals surface area contributed by atoms with E-state index in [0.717, 1.165) is 0 Å². The molecule has 5 heteroatoms. The van der Waals surface area contributed by atoms with Crippen molar-refractivity contribution in [3.05, 3.63) is 11.8 Å². The van der Waals surface area contributed by atoms with Crippen LogP contribution in [0.3, 0.4) is 0 Å². The summed E-state index contributed by atoms with van der Waals surface area (Å²) in [4.78, 5) is 23.3. The molecule has 1 aliphatic heterocycles. The number of thiol groups is 1. The van der Waals surface area contributed by atoms with Crippen LogP contribution in [0.15, 0.2) is 11.8 Å². The van der Waals surface area contributed by atoms with Gasteiger partial charge in [-0.2, -0.15) is 12.6 Å². The lowest BCUT2D eigenvalue weighted by molar-refractivity contribution is -0.138. The molecule has 1 amide bonds. The van der Waals surface area contributed by atoms with Crippen molar-refractivity contribution in [1.29, 1.82) is 0 Å². The van der Waals surface area contributed by atoms with Gasteiger partial charge in [-0.3, -0.25) is 4.79 Å². The number of rotatable bonds is 2. The van der Waals surface area contributed by atoms with Gasteiger partial charge in [0, 0.05) is 6.54 Å². The number of hydrogen-bond acceptors (Lipinski definition) is 3. The van der Waals surface area contributed by atoms with Gasteiger partial charge in [-0.15, -0.1) is 0 Å². The fourth-order valence-corrected chi connectivity index (χ4v) is 1.36. The second-order valence-electron chi connectivity index (χ2n) is 2.85. The monoisotopic (exact) mass is 201 g/mol. The summed E-state index contributed by atoms with van der Waals surface area (Å²) in [5.41, 5.74) is 0.0749. The average molecular weight is 201 g/mol. The van der Waals surface area contributed by atoms with Gasteiger partial charge < -0.3 is 10.0 Å². The Balaban J connectivity index is 2.78. The third kappa shape index (κ3) is 2.03. The highest BCUT2D eigenvalue weighted by molar-refractivity contribution is 7.81. The summed E-state index contributed by atoms with van der Waals surface area (Å²) in [7, 11) is 0. The maximum Gasteiger partial charge on any atom is 0.352 e. The van der Waals surface area contributed by atoms with E-state index in [-0.39, 0.29) is 11.6 Å². The number of aliphatic carboxylic acids is 1. The molecule has 0 aliphatic carbocycles. The van der Waals surface area contributed by atoms with Crippen LogP contribution in [0, 0.1) is 0 Å². The smallest absolute Gasteiger partial charge is 0.352 e. The molecule has 4 nitrogen and oxygen atoms in total. The largest absolute Gasteiger partial charge is 0.477 e. The van der Waals surface area contributed by atoms with Gasteiger partial charge in [-0.25, -0.2) is 4.79 Å². The zero-order valence-electron chi connectivity index (χ0n) is 7.23. The van der Waals surface area contributed by atoms with E-state index >= 15 is 0 Å². The van der Waals surface area contributed by atoms with Crippen LogP contribution < -0.4 is 0 Å². The van der Waals surface area contributed by atoms with Crippen molar-refractivity contribution in [2.24, 2.45) is 0 Å². The average Bonchev–Trinajstić information content (AvgIpc) is 2.50. The highest BCUT2D eigenvalue weighted by atomic mass is 32.1. The first-order chi connectivity index (χ1) is 6.04. The standard InChI is InChI=1S/C8H11NO3S/c1-5(13)7(10)9-4-2-3-6(9)8(11)12/h3,5,13H,2,4H2,1H3,(H,11,12). The van der Waals surface area contributed by atoms with Gasteiger partial charge in [-0.1, -0.05) is 6.08 Å². The van der Waals surface area contributed by atoms with Crippen molar-refractivity contribution in [2.75, 3.05) is 6.54 Å². The summed E-state index contributed by atoms with van der Waals surface area (Å²) in [5.74, 6) is -1.31. The first-order valence-electron chi connectivity index (χ1n) is 3.97. The Morgan fingerprint density at radius 2 is 2.31 bits per heavy atom. The van der Waals surface area contributed by atoms with Crippen LogP contribution in [-0.2, 0) is 9.59 Å². The van der Waals surface area contributed by atoms with E-state index in [0.29, 0.717) is 13.0 Å². The minimum Gasteiger partial charge on any atom is -0.477 e. The SMILES string of the molecule is CC(S)C(=O)N1CCC=C1C(=O)O. The van der Waals surface area contributed by atoms with Gasteiger partial charge in [0.25, 0.3) is 0 Å². The summed E-state index contributed by atoms with van der Waals surface area (Å²) in [6, 6.07) is 0. The second kappa shape index (κ2) is 3.83. The Morgan fingerprint density at radius 3 is 2.77 bits per heavy atom. The van der Waals surface area contributed by atoms with Crippen LogP contribution in [0.5, 0.6) is 0 Å². The van der Waals surface area contributed by atoms with Gasteiger partial charge in [0.2, 0.25) is 5.91 Å². The first-order valence-corrected chi connectivity index (χ1v) is 4.48. The summed E-state index contributed by atoms with van der Waals surface area (Å²) < 4.78 is 0. The molecule has 0 aromatic rings. The number of carboxylic acids is 1. The van der Waals surface area contributed by atoms with E-state index in [2.05, 4.69) is 12.6 Å². The summed E-state index contributed by atoms with van der Waals surface area (Å²) >= 11 is 3.97. The minimum atomic E-state index is -1.06. The normalized spacial score (nSPS) is 18.3. The van der Waals surface area contributed by atoms with Gasteiger partial charge in [0.05, 0.1) is 5.25 Å². The van der Waals surface area contributed by atoms with E-state index in [1.807, 2.05) is 0 Å². The van der Waals surface area contributed by atoms with E-state index in [1.165, 1.54) is 4.90 Å². The molecule has 1 aliphatic rings. The van der Waals surface area contributed by atoms with Gasteiger partial charge in [0.1, 0.15) is 5.70 Å². The number of hydrogen-bond donors (Lipinski definition) is 2. The molecule has 1 heterocycles. The van der Waals surface area contributed by atoms with Crippen molar-refractivity contribution < 1.29 is 14.7 Å². The number of carbonyl (C=O) groups is 2. The van der Waals surface area contributed by atoms with E-state index in [1.54, 1.807) is 13.0 Å². The van der Waals surface area contributed by atoms with Crippen LogP contribution in [-0.4, -0.2) is 33.7 Å². The van der Waals surface area contributed by atoms with Crippen molar-refractivity contribution in [3.8, 4) is 0 Å². The van der Waals surface area contributed by atoms with Crippen LogP contribution in [0.1, 0.15) is 13.3 Å². The molecule has 1 atom stereocenters. The van der Waals surface area contributed by atoms with Gasteiger partial charge in [0.15, 0.2) is 0 Å². The highest BCUT2D eigenvalue weighted by Gasteiger charge is 2.28. The Kier molecular flexibility index (Phi) is 2.98. The summed E-state index contributed by atoms with van der Waals surface area (Å²) in [6.45, 7) is 2.08. The fraction of sp³-hybridized carbons (Fsp3) is 0.500. The Labute approximate surface area is 81.6 Å². The lowest BCUT2D eigenvalue weighted by atomic mass is 10.3. The van der Waals surface area contributed by atoms with Crippen molar-refractivity contribution in [3.63, 3.8) is 0 Å². The van der Waals surface area contributed by atoms with E-state index in [9.17, 15) is 9.59 Å². The van der Waals surface area contributed by atoms with Crippen molar-refractivity contribution >= 4 is 24.5 Å². The highest BCUT2D eigenvalue weighted by Crippen LogP contribution is 2.17. The minimum absolute atomic E-state index is 0.0749. The molecular formula is C8H11NO3S. The molecule has 0 aromatic carbocycles. The van der Waals surface area contributed by atoms with E-state index < -0.39 is 11.2 Å². The first kappa shape index (κ1) is 10.1. The fourth-order valence-electron chi connectivity index (χ4n) is 1.22. The van der Waals surface area contributed by atoms with Crippen LogP contribution in [0.2, 0.25) is 0 Å². The molecule has 0 saturated heterocycles. The third-order valence-electron chi connectivity index (χ3n) is 1.82. The molecule has 1 N–H and O–H groups in total. The molecule has 1 unspecified atom stereocenters. The Morgan fingerprint density at radius 1 is 1.69 bits per heavy atom. The Hall–Kier alpha value is -0.970. The number of carboxylic acid groups (broad SMARTS) is 1. The maximum absolute atomic E-state index is 11.4. The van der Waals surface area contributed by atoms with Crippen molar-refractivity contribution in [2.45, 2.75) is 18.6 Å². The zero-order chi connectivity index (χ0) is 10.0. The van der Waals surface area contributed by atoms with Crippen LogP contribution in [0.25, 0.3) is 0 Å². The lowest BCUT2D eigenvalue weighted by Gasteiger charge is -2.19. The quantitative estimate of drug-likeness (QED) is 0.640. The summed E-state index contributed by atoms with van der Waals surface area (Å²) in [6.07, 6.45) is 2.16. The predicted octanol–water partition coefficient (Wildman–Crippen LogP) is 0.505. The lowest BCUT2D eigenvalue weighted by Crippen LogP contribution is -2.35. The predicted molar refractivity (Wildman–Crippen MR) is 50.5 cm³/mol. The van der Waals surface area contributed by atoms with Crippen LogP contribution >= 0.6 is 12.6 Å². The summed E-state index contributed by atoms with van der Waals surface area (Å²) in [5, 5.41) is 8.27. The van der Waals surface area contributed by atoms with E-state index in [4.69, 9.17) is 5.11 Å².